The Labute approximate surface area is 127 Å². The summed E-state index contributed by atoms with van der Waals surface area (Å²) in [5, 5.41) is 4.59. The Morgan fingerprint density at radius 2 is 2.30 bits per heavy atom. The molecule has 0 spiro atoms. The summed E-state index contributed by atoms with van der Waals surface area (Å²) >= 11 is 5.16. The minimum absolute atomic E-state index is 0.0135. The monoisotopic (exact) mass is 350 g/mol. The number of aromatic nitrogens is 4. The standard InChI is InChI=1S/C13H11BrN4OS/c14-11-4-3-10(20-11)8-5-6-15-13-16-12(17-18(8)13)9-2-1-7-19-9/h3-6,9H,1-2,7H2. The van der Waals surface area contributed by atoms with Crippen LogP contribution in [0.5, 0.6) is 0 Å². The number of ether oxygens (including phenoxy) is 1. The number of rotatable bonds is 2. The molecule has 0 amide bonds. The highest BCUT2D eigenvalue weighted by Crippen LogP contribution is 2.32. The molecule has 7 heteroatoms. The van der Waals surface area contributed by atoms with E-state index in [0.717, 1.165) is 39.6 Å². The average molecular weight is 351 g/mol. The highest BCUT2D eigenvalue weighted by molar-refractivity contribution is 9.11. The van der Waals surface area contributed by atoms with Crippen LogP contribution >= 0.6 is 27.3 Å². The van der Waals surface area contributed by atoms with Crippen LogP contribution in [0.4, 0.5) is 0 Å². The van der Waals surface area contributed by atoms with Crippen LogP contribution in [0.25, 0.3) is 16.3 Å². The van der Waals surface area contributed by atoms with E-state index in [1.54, 1.807) is 22.0 Å². The molecular weight excluding hydrogens is 340 g/mol. The highest BCUT2D eigenvalue weighted by Gasteiger charge is 2.23. The molecule has 1 aliphatic heterocycles. The molecule has 0 N–H and O–H groups in total. The Hall–Kier alpha value is -1.31. The molecule has 1 aliphatic rings. The molecule has 0 saturated carbocycles. The molecule has 0 radical (unpaired) electrons. The number of hydrogen-bond acceptors (Lipinski definition) is 5. The van der Waals surface area contributed by atoms with E-state index in [1.165, 1.54) is 0 Å². The summed E-state index contributed by atoms with van der Waals surface area (Å²) in [6.07, 6.45) is 3.83. The van der Waals surface area contributed by atoms with Crippen molar-refractivity contribution >= 4 is 33.0 Å². The van der Waals surface area contributed by atoms with Crippen LogP contribution in [-0.4, -0.2) is 26.2 Å². The molecule has 1 fully saturated rings. The molecule has 0 bridgehead atoms. The maximum Gasteiger partial charge on any atom is 0.253 e. The van der Waals surface area contributed by atoms with E-state index in [-0.39, 0.29) is 6.10 Å². The van der Waals surface area contributed by atoms with Gasteiger partial charge in [0.1, 0.15) is 6.10 Å². The van der Waals surface area contributed by atoms with E-state index in [1.807, 2.05) is 12.1 Å². The van der Waals surface area contributed by atoms with Gasteiger partial charge >= 0.3 is 0 Å². The van der Waals surface area contributed by atoms with Crippen molar-refractivity contribution < 1.29 is 4.74 Å². The second-order valence-electron chi connectivity index (χ2n) is 4.62. The van der Waals surface area contributed by atoms with Crippen molar-refractivity contribution in [3.05, 3.63) is 34.0 Å². The Bertz CT molecular complexity index is 763. The Balaban J connectivity index is 1.85. The van der Waals surface area contributed by atoms with Crippen molar-refractivity contribution in [3.8, 4) is 10.6 Å². The van der Waals surface area contributed by atoms with Crippen molar-refractivity contribution in [3.63, 3.8) is 0 Å². The summed E-state index contributed by atoms with van der Waals surface area (Å²) in [5.74, 6) is 1.36. The van der Waals surface area contributed by atoms with Crippen LogP contribution in [0.3, 0.4) is 0 Å². The van der Waals surface area contributed by atoms with Gasteiger partial charge in [0.25, 0.3) is 5.78 Å². The summed E-state index contributed by atoms with van der Waals surface area (Å²) in [6, 6.07) is 6.06. The van der Waals surface area contributed by atoms with Crippen LogP contribution < -0.4 is 0 Å². The molecule has 4 heterocycles. The Kier molecular flexibility index (Phi) is 3.05. The zero-order valence-electron chi connectivity index (χ0n) is 10.5. The lowest BCUT2D eigenvalue weighted by Gasteiger charge is -2.02. The first kappa shape index (κ1) is 12.4. The first-order valence-corrected chi connectivity index (χ1v) is 8.01. The van der Waals surface area contributed by atoms with E-state index < -0.39 is 0 Å². The van der Waals surface area contributed by atoms with Crippen LogP contribution in [0.1, 0.15) is 24.8 Å². The third-order valence-corrected chi connectivity index (χ3v) is 4.95. The largest absolute Gasteiger partial charge is 0.370 e. The normalized spacial score (nSPS) is 18.9. The minimum atomic E-state index is 0.0135. The topological polar surface area (TPSA) is 52.3 Å². The summed E-state index contributed by atoms with van der Waals surface area (Å²) in [5.41, 5.74) is 1.00. The van der Waals surface area contributed by atoms with Crippen molar-refractivity contribution in [2.24, 2.45) is 0 Å². The summed E-state index contributed by atoms with van der Waals surface area (Å²) in [7, 11) is 0. The zero-order valence-corrected chi connectivity index (χ0v) is 12.9. The van der Waals surface area contributed by atoms with Crippen LogP contribution in [-0.2, 0) is 4.74 Å². The number of nitrogens with zero attached hydrogens (tertiary/aromatic N) is 4. The second-order valence-corrected chi connectivity index (χ2v) is 7.08. The van der Waals surface area contributed by atoms with Crippen molar-refractivity contribution in [2.45, 2.75) is 18.9 Å². The molecule has 5 nitrogen and oxygen atoms in total. The van der Waals surface area contributed by atoms with E-state index in [9.17, 15) is 0 Å². The van der Waals surface area contributed by atoms with Gasteiger partial charge in [-0.2, -0.15) is 9.50 Å². The lowest BCUT2D eigenvalue weighted by atomic mass is 10.2. The first-order chi connectivity index (χ1) is 9.81. The molecule has 102 valence electrons. The highest BCUT2D eigenvalue weighted by atomic mass is 79.9. The summed E-state index contributed by atoms with van der Waals surface area (Å²) < 4.78 is 8.54. The Morgan fingerprint density at radius 1 is 1.35 bits per heavy atom. The molecule has 4 rings (SSSR count). The fourth-order valence-corrected chi connectivity index (χ4v) is 3.76. The van der Waals surface area contributed by atoms with Gasteiger partial charge in [0.2, 0.25) is 0 Å². The fourth-order valence-electron chi connectivity index (χ4n) is 2.37. The van der Waals surface area contributed by atoms with Gasteiger partial charge in [-0.1, -0.05) is 0 Å². The molecule has 0 aromatic carbocycles. The van der Waals surface area contributed by atoms with Gasteiger partial charge in [-0.3, -0.25) is 0 Å². The lowest BCUT2D eigenvalue weighted by molar-refractivity contribution is 0.105. The number of hydrogen-bond donors (Lipinski definition) is 0. The van der Waals surface area contributed by atoms with Crippen LogP contribution in [0.15, 0.2) is 28.2 Å². The number of thiophene rings is 1. The van der Waals surface area contributed by atoms with E-state index in [0.29, 0.717) is 5.78 Å². The predicted molar refractivity (Wildman–Crippen MR) is 79.7 cm³/mol. The van der Waals surface area contributed by atoms with Crippen LogP contribution in [0, 0.1) is 0 Å². The smallest absolute Gasteiger partial charge is 0.253 e. The Morgan fingerprint density at radius 3 is 3.05 bits per heavy atom. The zero-order chi connectivity index (χ0) is 13.5. The summed E-state index contributed by atoms with van der Waals surface area (Å²) in [6.45, 7) is 0.790. The van der Waals surface area contributed by atoms with Crippen molar-refractivity contribution in [2.75, 3.05) is 6.61 Å². The first-order valence-electron chi connectivity index (χ1n) is 6.40. The average Bonchev–Trinajstić information content (AvgIpc) is 3.17. The lowest BCUT2D eigenvalue weighted by Crippen LogP contribution is -1.99. The van der Waals surface area contributed by atoms with Gasteiger partial charge in [0.15, 0.2) is 5.82 Å². The fraction of sp³-hybridized carbons (Fsp3) is 0.308. The molecule has 3 aromatic heterocycles. The maximum absolute atomic E-state index is 5.65. The van der Waals surface area contributed by atoms with Crippen molar-refractivity contribution in [1.29, 1.82) is 0 Å². The quantitative estimate of drug-likeness (QED) is 0.710. The number of halogens is 1. The van der Waals surface area contributed by atoms with E-state index in [4.69, 9.17) is 4.74 Å². The molecule has 1 unspecified atom stereocenters. The van der Waals surface area contributed by atoms with E-state index >= 15 is 0 Å². The van der Waals surface area contributed by atoms with Crippen molar-refractivity contribution in [1.82, 2.24) is 19.6 Å². The maximum atomic E-state index is 5.65. The third-order valence-electron chi connectivity index (χ3n) is 3.30. The predicted octanol–water partition coefficient (Wildman–Crippen LogP) is 3.47. The van der Waals surface area contributed by atoms with E-state index in [2.05, 4.69) is 37.1 Å². The number of fused-ring (bicyclic) bond motifs is 1. The SMILES string of the molecule is Brc1ccc(-c2ccnc3nc(C4CCCO4)nn23)s1. The summed E-state index contributed by atoms with van der Waals surface area (Å²) in [4.78, 5) is 9.92. The van der Waals surface area contributed by atoms with Gasteiger partial charge in [0.05, 0.1) is 14.4 Å². The molecule has 1 atom stereocenters. The van der Waals surface area contributed by atoms with Gasteiger partial charge < -0.3 is 4.74 Å². The van der Waals surface area contributed by atoms with Gasteiger partial charge in [-0.25, -0.2) is 4.98 Å². The molecule has 3 aromatic rings. The van der Waals surface area contributed by atoms with Gasteiger partial charge in [0, 0.05) is 12.8 Å². The van der Waals surface area contributed by atoms with Crippen LogP contribution in [0.2, 0.25) is 0 Å². The third kappa shape index (κ3) is 2.06. The van der Waals surface area contributed by atoms with Gasteiger partial charge in [-0.05, 0) is 47.0 Å². The molecule has 20 heavy (non-hydrogen) atoms. The molecule has 0 aliphatic carbocycles. The molecule has 1 saturated heterocycles. The van der Waals surface area contributed by atoms with Gasteiger partial charge in [-0.15, -0.1) is 16.4 Å². The second kappa shape index (κ2) is 4.91. The molecular formula is C13H11BrN4OS. The minimum Gasteiger partial charge on any atom is -0.370 e.